The summed E-state index contributed by atoms with van der Waals surface area (Å²) >= 11 is 3.42. The standard InChI is InChI=1S/C24H29BrN2O3/c1-2-3-14-30-22-13-12-18(25)16-21(22)24(29)27-20-11-7-8-17(15-20)23(28)26-19-9-5-4-6-10-19/h7-8,11-13,15-16,19H,2-6,9-10,14H2,1H3,(H,26,28)(H,27,29). The number of nitrogens with one attached hydrogen (secondary N) is 2. The summed E-state index contributed by atoms with van der Waals surface area (Å²) < 4.78 is 6.59. The van der Waals surface area contributed by atoms with Gasteiger partial charge in [0.2, 0.25) is 0 Å². The van der Waals surface area contributed by atoms with E-state index in [4.69, 9.17) is 4.74 Å². The monoisotopic (exact) mass is 472 g/mol. The SMILES string of the molecule is CCCCOc1ccc(Br)cc1C(=O)Nc1cccc(C(=O)NC2CCCCC2)c1. The quantitative estimate of drug-likeness (QED) is 0.466. The minimum atomic E-state index is -0.271. The van der Waals surface area contributed by atoms with E-state index in [1.165, 1.54) is 6.42 Å². The second-order valence-electron chi connectivity index (χ2n) is 7.69. The van der Waals surface area contributed by atoms with Crippen molar-refractivity contribution < 1.29 is 14.3 Å². The summed E-state index contributed by atoms with van der Waals surface area (Å²) in [6.45, 7) is 2.66. The van der Waals surface area contributed by atoms with E-state index in [9.17, 15) is 9.59 Å². The number of hydrogen-bond donors (Lipinski definition) is 2. The van der Waals surface area contributed by atoms with Gasteiger partial charge < -0.3 is 15.4 Å². The molecule has 1 aliphatic carbocycles. The molecule has 0 spiro atoms. The lowest BCUT2D eigenvalue weighted by molar-refractivity contribution is 0.0926. The van der Waals surface area contributed by atoms with Gasteiger partial charge in [0, 0.05) is 21.8 Å². The molecule has 2 aromatic carbocycles. The highest BCUT2D eigenvalue weighted by Gasteiger charge is 2.18. The Balaban J connectivity index is 1.69. The molecule has 0 bridgehead atoms. The third kappa shape index (κ3) is 6.33. The van der Waals surface area contributed by atoms with Crippen LogP contribution in [0.1, 0.15) is 72.6 Å². The van der Waals surface area contributed by atoms with Crippen LogP contribution in [0.3, 0.4) is 0 Å². The Bertz CT molecular complexity index is 879. The second-order valence-corrected chi connectivity index (χ2v) is 8.60. The van der Waals surface area contributed by atoms with E-state index in [-0.39, 0.29) is 17.9 Å². The predicted octanol–water partition coefficient (Wildman–Crippen LogP) is 5.94. The van der Waals surface area contributed by atoms with Crippen molar-refractivity contribution >= 4 is 33.4 Å². The summed E-state index contributed by atoms with van der Waals surface area (Å²) in [5.74, 6) is 0.187. The van der Waals surface area contributed by atoms with Gasteiger partial charge in [-0.1, -0.05) is 54.6 Å². The van der Waals surface area contributed by atoms with Crippen LogP contribution >= 0.6 is 15.9 Å². The van der Waals surface area contributed by atoms with E-state index in [1.54, 1.807) is 36.4 Å². The predicted molar refractivity (Wildman–Crippen MR) is 123 cm³/mol. The number of benzene rings is 2. The second kappa shape index (κ2) is 11.2. The van der Waals surface area contributed by atoms with Crippen molar-refractivity contribution in [2.24, 2.45) is 0 Å². The number of rotatable bonds is 8. The van der Waals surface area contributed by atoms with Crippen LogP contribution in [-0.4, -0.2) is 24.5 Å². The fraction of sp³-hybridized carbons (Fsp3) is 0.417. The van der Waals surface area contributed by atoms with E-state index in [0.29, 0.717) is 29.2 Å². The molecule has 3 rings (SSSR count). The molecule has 1 aliphatic rings. The van der Waals surface area contributed by atoms with Crippen molar-refractivity contribution in [2.75, 3.05) is 11.9 Å². The largest absolute Gasteiger partial charge is 0.493 e. The normalized spacial score (nSPS) is 14.2. The van der Waals surface area contributed by atoms with E-state index >= 15 is 0 Å². The van der Waals surface area contributed by atoms with Crippen molar-refractivity contribution in [1.29, 1.82) is 0 Å². The zero-order valence-corrected chi connectivity index (χ0v) is 19.0. The number of halogens is 1. The molecule has 2 N–H and O–H groups in total. The van der Waals surface area contributed by atoms with Gasteiger partial charge in [0.25, 0.3) is 11.8 Å². The molecule has 0 saturated heterocycles. The molecule has 0 unspecified atom stereocenters. The number of anilines is 1. The van der Waals surface area contributed by atoms with Crippen LogP contribution < -0.4 is 15.4 Å². The molecule has 0 atom stereocenters. The zero-order valence-electron chi connectivity index (χ0n) is 17.4. The van der Waals surface area contributed by atoms with E-state index in [0.717, 1.165) is 43.0 Å². The maximum atomic E-state index is 12.9. The molecule has 30 heavy (non-hydrogen) atoms. The van der Waals surface area contributed by atoms with Gasteiger partial charge >= 0.3 is 0 Å². The van der Waals surface area contributed by atoms with Crippen LogP contribution in [0.2, 0.25) is 0 Å². The summed E-state index contributed by atoms with van der Waals surface area (Å²) in [6.07, 6.45) is 7.58. The third-order valence-corrected chi connectivity index (χ3v) is 5.76. The minimum absolute atomic E-state index is 0.0935. The lowest BCUT2D eigenvalue weighted by Gasteiger charge is -2.22. The number of ether oxygens (including phenoxy) is 1. The first kappa shape index (κ1) is 22.3. The Morgan fingerprint density at radius 2 is 1.87 bits per heavy atom. The average molecular weight is 473 g/mol. The molecule has 1 fully saturated rings. The minimum Gasteiger partial charge on any atom is -0.493 e. The van der Waals surface area contributed by atoms with E-state index < -0.39 is 0 Å². The van der Waals surface area contributed by atoms with Crippen LogP contribution in [0.25, 0.3) is 0 Å². The number of carbonyl (C=O) groups excluding carboxylic acids is 2. The van der Waals surface area contributed by atoms with Gasteiger partial charge in [-0.2, -0.15) is 0 Å². The van der Waals surface area contributed by atoms with Crippen LogP contribution in [0, 0.1) is 0 Å². The molecule has 2 aromatic rings. The van der Waals surface area contributed by atoms with Gasteiger partial charge in [-0.05, 0) is 55.7 Å². The smallest absolute Gasteiger partial charge is 0.259 e. The average Bonchev–Trinajstić information content (AvgIpc) is 2.75. The summed E-state index contributed by atoms with van der Waals surface area (Å²) in [5.41, 5.74) is 1.58. The highest BCUT2D eigenvalue weighted by atomic mass is 79.9. The first-order chi connectivity index (χ1) is 14.6. The number of carbonyl (C=O) groups is 2. The van der Waals surface area contributed by atoms with Gasteiger partial charge in [0.15, 0.2) is 0 Å². The Hall–Kier alpha value is -2.34. The highest BCUT2D eigenvalue weighted by Crippen LogP contribution is 2.25. The lowest BCUT2D eigenvalue weighted by atomic mass is 9.95. The fourth-order valence-electron chi connectivity index (χ4n) is 3.58. The van der Waals surface area contributed by atoms with E-state index in [1.807, 2.05) is 6.07 Å². The number of amides is 2. The van der Waals surface area contributed by atoms with Crippen molar-refractivity contribution in [3.05, 3.63) is 58.1 Å². The molecule has 0 aromatic heterocycles. The van der Waals surface area contributed by atoms with Crippen molar-refractivity contribution in [3.63, 3.8) is 0 Å². The number of unbranched alkanes of at least 4 members (excludes halogenated alkanes) is 1. The third-order valence-electron chi connectivity index (χ3n) is 5.26. The van der Waals surface area contributed by atoms with Gasteiger partial charge in [0.1, 0.15) is 5.75 Å². The van der Waals surface area contributed by atoms with Crippen LogP contribution in [0.5, 0.6) is 5.75 Å². The van der Waals surface area contributed by atoms with Gasteiger partial charge in [-0.15, -0.1) is 0 Å². The molecule has 0 heterocycles. The summed E-state index contributed by atoms with van der Waals surface area (Å²) in [4.78, 5) is 25.5. The maximum Gasteiger partial charge on any atom is 0.259 e. The van der Waals surface area contributed by atoms with Crippen LogP contribution in [-0.2, 0) is 0 Å². The Labute approximate surface area is 186 Å². The molecule has 1 saturated carbocycles. The van der Waals surface area contributed by atoms with Gasteiger partial charge in [-0.25, -0.2) is 0 Å². The zero-order chi connectivity index (χ0) is 21.3. The lowest BCUT2D eigenvalue weighted by Crippen LogP contribution is -2.36. The summed E-state index contributed by atoms with van der Waals surface area (Å²) in [7, 11) is 0. The molecule has 5 nitrogen and oxygen atoms in total. The first-order valence-corrected chi connectivity index (χ1v) is 11.5. The molecule has 160 valence electrons. The topological polar surface area (TPSA) is 67.4 Å². The van der Waals surface area contributed by atoms with E-state index in [2.05, 4.69) is 33.5 Å². The van der Waals surface area contributed by atoms with Gasteiger partial charge in [0.05, 0.1) is 12.2 Å². The molecular formula is C24H29BrN2O3. The Morgan fingerprint density at radius 1 is 1.07 bits per heavy atom. The van der Waals surface area contributed by atoms with Crippen molar-refractivity contribution in [2.45, 2.75) is 57.9 Å². The Kier molecular flexibility index (Phi) is 8.31. The Morgan fingerprint density at radius 3 is 2.63 bits per heavy atom. The maximum absolute atomic E-state index is 12.9. The molecule has 0 radical (unpaired) electrons. The molecular weight excluding hydrogens is 444 g/mol. The van der Waals surface area contributed by atoms with Crippen molar-refractivity contribution in [1.82, 2.24) is 5.32 Å². The van der Waals surface area contributed by atoms with Crippen LogP contribution in [0.4, 0.5) is 5.69 Å². The van der Waals surface area contributed by atoms with Crippen LogP contribution in [0.15, 0.2) is 46.9 Å². The van der Waals surface area contributed by atoms with Gasteiger partial charge in [-0.3, -0.25) is 9.59 Å². The highest BCUT2D eigenvalue weighted by molar-refractivity contribution is 9.10. The summed E-state index contributed by atoms with van der Waals surface area (Å²) in [6, 6.07) is 12.7. The summed E-state index contributed by atoms with van der Waals surface area (Å²) in [5, 5.41) is 6.01. The number of hydrogen-bond acceptors (Lipinski definition) is 3. The fourth-order valence-corrected chi connectivity index (χ4v) is 3.95. The molecule has 0 aliphatic heterocycles. The van der Waals surface area contributed by atoms with Crippen molar-refractivity contribution in [3.8, 4) is 5.75 Å². The molecule has 6 heteroatoms. The first-order valence-electron chi connectivity index (χ1n) is 10.7. The molecule has 2 amide bonds.